The molecule has 16 heavy (non-hydrogen) atoms. The first-order valence-corrected chi connectivity index (χ1v) is 5.34. The summed E-state index contributed by atoms with van der Waals surface area (Å²) in [7, 11) is 0. The van der Waals surface area contributed by atoms with Gasteiger partial charge in [-0.1, -0.05) is 17.7 Å². The van der Waals surface area contributed by atoms with Gasteiger partial charge in [0.1, 0.15) is 0 Å². The van der Waals surface area contributed by atoms with Gasteiger partial charge in [0.15, 0.2) is 0 Å². The Labute approximate surface area is 98.7 Å². The van der Waals surface area contributed by atoms with Gasteiger partial charge >= 0.3 is 0 Å². The zero-order valence-electron chi connectivity index (χ0n) is 8.60. The largest absolute Gasteiger partial charge is 0.354 e. The molecule has 0 saturated carbocycles. The highest BCUT2D eigenvalue weighted by Gasteiger charge is 1.96. The Morgan fingerprint density at radius 2 is 1.94 bits per heavy atom. The minimum atomic E-state index is 0.537. The van der Waals surface area contributed by atoms with E-state index in [4.69, 9.17) is 11.6 Å². The van der Waals surface area contributed by atoms with E-state index in [-0.39, 0.29) is 0 Å². The van der Waals surface area contributed by atoms with E-state index < -0.39 is 0 Å². The zero-order chi connectivity index (χ0) is 11.2. The molecule has 0 atom stereocenters. The van der Waals surface area contributed by atoms with Gasteiger partial charge in [0, 0.05) is 24.9 Å². The molecule has 0 amide bonds. The zero-order valence-corrected chi connectivity index (χ0v) is 9.35. The third-order valence-electron chi connectivity index (χ3n) is 2.01. The smallest absolute Gasteiger partial charge is 0.222 e. The number of nitrogens with one attached hydrogen (secondary N) is 1. The van der Waals surface area contributed by atoms with Crippen molar-refractivity contribution in [3.63, 3.8) is 0 Å². The molecule has 82 valence electrons. The third-order valence-corrected chi connectivity index (χ3v) is 2.21. The Bertz CT molecular complexity index is 429. The van der Waals surface area contributed by atoms with Crippen molar-refractivity contribution < 1.29 is 0 Å². The van der Waals surface area contributed by atoms with Crippen LogP contribution in [0.1, 0.15) is 5.69 Å². The van der Waals surface area contributed by atoms with E-state index in [0.717, 1.165) is 18.7 Å². The molecule has 2 heterocycles. The number of pyridine rings is 1. The Morgan fingerprint density at radius 3 is 2.62 bits per heavy atom. The predicted octanol–water partition coefficient (Wildman–Crippen LogP) is 2.18. The molecule has 0 saturated heterocycles. The summed E-state index contributed by atoms with van der Waals surface area (Å²) in [5.41, 5.74) is 1.05. The maximum Gasteiger partial charge on any atom is 0.222 e. The van der Waals surface area contributed by atoms with Crippen LogP contribution in [0.5, 0.6) is 0 Å². The minimum Gasteiger partial charge on any atom is -0.354 e. The molecule has 0 aliphatic carbocycles. The van der Waals surface area contributed by atoms with E-state index >= 15 is 0 Å². The van der Waals surface area contributed by atoms with Gasteiger partial charge in [-0.05, 0) is 12.1 Å². The fourth-order valence-corrected chi connectivity index (χ4v) is 1.35. The summed E-state index contributed by atoms with van der Waals surface area (Å²) in [5.74, 6) is 0.584. The first-order chi connectivity index (χ1) is 7.84. The first kappa shape index (κ1) is 10.8. The summed E-state index contributed by atoms with van der Waals surface area (Å²) in [6, 6.07) is 5.87. The predicted molar refractivity (Wildman–Crippen MR) is 63.5 cm³/mol. The van der Waals surface area contributed by atoms with Gasteiger partial charge in [0.25, 0.3) is 0 Å². The van der Waals surface area contributed by atoms with Crippen LogP contribution in [0.15, 0.2) is 36.8 Å². The average molecular weight is 235 g/mol. The molecule has 1 N–H and O–H groups in total. The molecule has 5 heteroatoms. The molecule has 0 aliphatic heterocycles. The highest BCUT2D eigenvalue weighted by molar-refractivity contribution is 6.30. The number of nitrogens with zero attached hydrogens (tertiary/aromatic N) is 3. The van der Waals surface area contributed by atoms with Gasteiger partial charge in [0.2, 0.25) is 5.95 Å². The lowest BCUT2D eigenvalue weighted by molar-refractivity contribution is 0.941. The number of aromatic nitrogens is 3. The second kappa shape index (κ2) is 5.42. The van der Waals surface area contributed by atoms with E-state index in [0.29, 0.717) is 11.0 Å². The Hall–Kier alpha value is -1.68. The summed E-state index contributed by atoms with van der Waals surface area (Å²) >= 11 is 5.68. The summed E-state index contributed by atoms with van der Waals surface area (Å²) in [6.07, 6.45) is 5.76. The molecule has 0 spiro atoms. The monoisotopic (exact) mass is 234 g/mol. The Kier molecular flexibility index (Phi) is 3.66. The third kappa shape index (κ3) is 3.17. The maximum atomic E-state index is 5.68. The van der Waals surface area contributed by atoms with Crippen molar-refractivity contribution in [2.75, 3.05) is 11.9 Å². The van der Waals surface area contributed by atoms with Crippen LogP contribution in [0.25, 0.3) is 0 Å². The van der Waals surface area contributed by atoms with Crippen molar-refractivity contribution in [3.05, 3.63) is 47.5 Å². The van der Waals surface area contributed by atoms with Crippen molar-refractivity contribution in [1.29, 1.82) is 0 Å². The van der Waals surface area contributed by atoms with E-state index in [1.807, 2.05) is 18.2 Å². The maximum absolute atomic E-state index is 5.68. The van der Waals surface area contributed by atoms with Crippen LogP contribution in [-0.4, -0.2) is 21.5 Å². The normalized spacial score (nSPS) is 10.1. The van der Waals surface area contributed by atoms with Gasteiger partial charge in [-0.25, -0.2) is 9.97 Å². The van der Waals surface area contributed by atoms with E-state index in [9.17, 15) is 0 Å². The van der Waals surface area contributed by atoms with Crippen LogP contribution in [-0.2, 0) is 6.42 Å². The number of anilines is 1. The first-order valence-electron chi connectivity index (χ1n) is 4.96. The summed E-state index contributed by atoms with van der Waals surface area (Å²) < 4.78 is 0. The second-order valence-corrected chi connectivity index (χ2v) is 3.66. The molecule has 2 rings (SSSR count). The topological polar surface area (TPSA) is 50.7 Å². The minimum absolute atomic E-state index is 0.537. The molecule has 0 bridgehead atoms. The average Bonchev–Trinajstić information content (AvgIpc) is 2.33. The van der Waals surface area contributed by atoms with Crippen LogP contribution in [0.4, 0.5) is 5.95 Å². The second-order valence-electron chi connectivity index (χ2n) is 3.22. The van der Waals surface area contributed by atoms with Crippen molar-refractivity contribution in [3.8, 4) is 0 Å². The van der Waals surface area contributed by atoms with Crippen molar-refractivity contribution in [2.24, 2.45) is 0 Å². The van der Waals surface area contributed by atoms with E-state index in [1.54, 1.807) is 18.6 Å². The molecule has 0 aromatic carbocycles. The molecule has 0 radical (unpaired) electrons. The molecule has 0 unspecified atom stereocenters. The standard InChI is InChI=1S/C11H11ClN4/c12-9-7-15-11(16-8-9)14-6-4-10-3-1-2-5-13-10/h1-3,5,7-8H,4,6H2,(H,14,15,16). The van der Waals surface area contributed by atoms with Gasteiger partial charge in [-0.15, -0.1) is 0 Å². The van der Waals surface area contributed by atoms with Crippen LogP contribution < -0.4 is 5.32 Å². The van der Waals surface area contributed by atoms with E-state index in [1.165, 1.54) is 0 Å². The van der Waals surface area contributed by atoms with Gasteiger partial charge in [-0.2, -0.15) is 0 Å². The summed E-state index contributed by atoms with van der Waals surface area (Å²) in [6.45, 7) is 0.749. The number of rotatable bonds is 4. The van der Waals surface area contributed by atoms with Crippen molar-refractivity contribution in [1.82, 2.24) is 15.0 Å². The molecule has 2 aromatic heterocycles. The fraction of sp³-hybridized carbons (Fsp3) is 0.182. The molecule has 4 nitrogen and oxygen atoms in total. The Balaban J connectivity index is 1.82. The molecular formula is C11H11ClN4. The SMILES string of the molecule is Clc1cnc(NCCc2ccccn2)nc1. The Morgan fingerprint density at radius 1 is 1.12 bits per heavy atom. The summed E-state index contributed by atoms with van der Waals surface area (Å²) in [4.78, 5) is 12.3. The van der Waals surface area contributed by atoms with Gasteiger partial charge in [0.05, 0.1) is 17.4 Å². The highest BCUT2D eigenvalue weighted by atomic mass is 35.5. The lowest BCUT2D eigenvalue weighted by Gasteiger charge is -2.03. The van der Waals surface area contributed by atoms with Crippen LogP contribution in [0, 0.1) is 0 Å². The molecule has 0 fully saturated rings. The van der Waals surface area contributed by atoms with Crippen molar-refractivity contribution >= 4 is 17.5 Å². The molecular weight excluding hydrogens is 224 g/mol. The highest BCUT2D eigenvalue weighted by Crippen LogP contribution is 2.05. The lowest BCUT2D eigenvalue weighted by Crippen LogP contribution is -2.08. The van der Waals surface area contributed by atoms with Gasteiger partial charge in [-0.3, -0.25) is 4.98 Å². The van der Waals surface area contributed by atoms with E-state index in [2.05, 4.69) is 20.3 Å². The fourth-order valence-electron chi connectivity index (χ4n) is 1.25. The van der Waals surface area contributed by atoms with Crippen molar-refractivity contribution in [2.45, 2.75) is 6.42 Å². The molecule has 0 aliphatic rings. The quantitative estimate of drug-likeness (QED) is 0.881. The lowest BCUT2D eigenvalue weighted by atomic mass is 10.3. The van der Waals surface area contributed by atoms with Crippen LogP contribution in [0.3, 0.4) is 0 Å². The number of halogens is 1. The number of hydrogen-bond acceptors (Lipinski definition) is 4. The molecule has 2 aromatic rings. The van der Waals surface area contributed by atoms with Gasteiger partial charge < -0.3 is 5.32 Å². The van der Waals surface area contributed by atoms with Crippen LogP contribution >= 0.6 is 11.6 Å². The number of hydrogen-bond donors (Lipinski definition) is 1. The summed E-state index contributed by atoms with van der Waals surface area (Å²) in [5, 5.41) is 3.64. The van der Waals surface area contributed by atoms with Crippen LogP contribution in [0.2, 0.25) is 5.02 Å².